The van der Waals surface area contributed by atoms with Gasteiger partial charge in [0.1, 0.15) is 10.8 Å². The van der Waals surface area contributed by atoms with Gasteiger partial charge in [-0.15, -0.1) is 11.3 Å². The van der Waals surface area contributed by atoms with Crippen molar-refractivity contribution < 1.29 is 9.18 Å². The molecule has 0 atom stereocenters. The number of hydrogen-bond donors (Lipinski definition) is 2. The molecule has 128 valence electrons. The number of nitrogens with zero attached hydrogens (tertiary/aromatic N) is 2. The highest BCUT2D eigenvalue weighted by Crippen LogP contribution is 2.28. The SMILES string of the molecule is C/C(=N/NC(=O)c1ccc(-c2ccc(F)cc2)s1)c1c(C)nsc1N. The Bertz CT molecular complexity index is 924. The summed E-state index contributed by atoms with van der Waals surface area (Å²) in [6.07, 6.45) is 0. The number of nitrogen functional groups attached to an aromatic ring is 1. The molecule has 2 aromatic heterocycles. The summed E-state index contributed by atoms with van der Waals surface area (Å²) in [7, 11) is 0. The van der Waals surface area contributed by atoms with E-state index >= 15 is 0 Å². The Labute approximate surface area is 152 Å². The predicted molar refractivity (Wildman–Crippen MR) is 101 cm³/mol. The quantitative estimate of drug-likeness (QED) is 0.534. The number of hydrogen-bond acceptors (Lipinski definition) is 6. The molecule has 1 amide bonds. The lowest BCUT2D eigenvalue weighted by molar-refractivity contribution is 0.0959. The number of carbonyl (C=O) groups is 1. The van der Waals surface area contributed by atoms with Crippen LogP contribution in [0.2, 0.25) is 0 Å². The monoisotopic (exact) mass is 374 g/mol. The zero-order valence-electron chi connectivity index (χ0n) is 13.5. The van der Waals surface area contributed by atoms with Crippen LogP contribution in [0.5, 0.6) is 0 Å². The maximum atomic E-state index is 13.0. The number of nitrogens with one attached hydrogen (secondary N) is 1. The Morgan fingerprint density at radius 1 is 1.24 bits per heavy atom. The minimum absolute atomic E-state index is 0.291. The molecular weight excluding hydrogens is 359 g/mol. The van der Waals surface area contributed by atoms with Gasteiger partial charge in [-0.25, -0.2) is 9.82 Å². The Balaban J connectivity index is 1.74. The molecule has 0 unspecified atom stereocenters. The van der Waals surface area contributed by atoms with Crippen molar-refractivity contribution in [2.24, 2.45) is 5.10 Å². The average Bonchev–Trinajstić information content (AvgIpc) is 3.20. The fraction of sp³-hybridized carbons (Fsp3) is 0.118. The van der Waals surface area contributed by atoms with E-state index in [9.17, 15) is 9.18 Å². The third-order valence-electron chi connectivity index (χ3n) is 3.53. The second kappa shape index (κ2) is 7.12. The van der Waals surface area contributed by atoms with E-state index in [1.54, 1.807) is 25.1 Å². The Kier molecular flexibility index (Phi) is 4.91. The number of hydrazone groups is 1. The number of carbonyl (C=O) groups excluding carboxylic acids is 1. The van der Waals surface area contributed by atoms with Crippen LogP contribution >= 0.6 is 22.9 Å². The molecule has 25 heavy (non-hydrogen) atoms. The molecular formula is C17H15FN4OS2. The minimum atomic E-state index is -0.308. The van der Waals surface area contributed by atoms with Crippen LogP contribution in [0.4, 0.5) is 9.39 Å². The van der Waals surface area contributed by atoms with Crippen molar-refractivity contribution in [2.75, 3.05) is 5.73 Å². The summed E-state index contributed by atoms with van der Waals surface area (Å²) < 4.78 is 17.2. The van der Waals surface area contributed by atoms with Crippen LogP contribution in [0.1, 0.15) is 27.9 Å². The molecule has 8 heteroatoms. The third-order valence-corrected chi connectivity index (χ3v) is 5.43. The van der Waals surface area contributed by atoms with Gasteiger partial charge in [0.15, 0.2) is 0 Å². The molecule has 0 aliphatic heterocycles. The lowest BCUT2D eigenvalue weighted by Gasteiger charge is -2.02. The van der Waals surface area contributed by atoms with Crippen molar-refractivity contribution in [3.8, 4) is 10.4 Å². The number of amides is 1. The van der Waals surface area contributed by atoms with Gasteiger partial charge in [-0.1, -0.05) is 12.1 Å². The van der Waals surface area contributed by atoms with Gasteiger partial charge in [0.05, 0.1) is 21.8 Å². The number of halogens is 1. The number of benzene rings is 1. The van der Waals surface area contributed by atoms with Crippen LogP contribution in [-0.4, -0.2) is 16.0 Å². The summed E-state index contributed by atoms with van der Waals surface area (Å²) in [6, 6.07) is 9.69. The van der Waals surface area contributed by atoms with E-state index in [1.165, 1.54) is 35.0 Å². The van der Waals surface area contributed by atoms with Crippen molar-refractivity contribution in [1.82, 2.24) is 9.80 Å². The molecule has 0 bridgehead atoms. The maximum absolute atomic E-state index is 13.0. The number of anilines is 1. The van der Waals surface area contributed by atoms with E-state index in [4.69, 9.17) is 5.73 Å². The molecule has 0 aliphatic carbocycles. The van der Waals surface area contributed by atoms with Crippen LogP contribution < -0.4 is 11.2 Å². The van der Waals surface area contributed by atoms with Crippen LogP contribution in [0, 0.1) is 12.7 Å². The van der Waals surface area contributed by atoms with E-state index in [1.807, 2.05) is 13.0 Å². The summed E-state index contributed by atoms with van der Waals surface area (Å²) in [5.74, 6) is -0.599. The topological polar surface area (TPSA) is 80.4 Å². The first-order valence-corrected chi connectivity index (χ1v) is 8.97. The lowest BCUT2D eigenvalue weighted by Crippen LogP contribution is -2.18. The van der Waals surface area contributed by atoms with E-state index < -0.39 is 0 Å². The van der Waals surface area contributed by atoms with E-state index in [2.05, 4.69) is 14.9 Å². The normalized spacial score (nSPS) is 11.6. The molecule has 3 N–H and O–H groups in total. The van der Waals surface area contributed by atoms with Crippen molar-refractivity contribution in [3.63, 3.8) is 0 Å². The molecule has 0 saturated carbocycles. The standard InChI is InChI=1S/C17H15FN4OS2/c1-9(15-10(2)22-25-16(15)19)20-21-17(23)14-8-7-13(24-14)11-3-5-12(18)6-4-11/h3-8H,19H2,1-2H3,(H,21,23)/b20-9-. The van der Waals surface area contributed by atoms with Crippen LogP contribution in [0.15, 0.2) is 41.5 Å². The van der Waals surface area contributed by atoms with Crippen molar-refractivity contribution in [3.05, 3.63) is 58.3 Å². The fourth-order valence-electron chi connectivity index (χ4n) is 2.30. The van der Waals surface area contributed by atoms with Crippen LogP contribution in [0.3, 0.4) is 0 Å². The minimum Gasteiger partial charge on any atom is -0.389 e. The van der Waals surface area contributed by atoms with E-state index in [0.717, 1.165) is 21.7 Å². The second-order valence-electron chi connectivity index (χ2n) is 5.32. The van der Waals surface area contributed by atoms with Gasteiger partial charge >= 0.3 is 0 Å². The molecule has 2 heterocycles. The Morgan fingerprint density at radius 2 is 1.96 bits per heavy atom. The van der Waals surface area contributed by atoms with Crippen molar-refractivity contribution in [1.29, 1.82) is 0 Å². The molecule has 0 fully saturated rings. The lowest BCUT2D eigenvalue weighted by atomic mass is 10.2. The predicted octanol–water partition coefficient (Wildman–Crippen LogP) is 4.06. The summed E-state index contributed by atoms with van der Waals surface area (Å²) in [4.78, 5) is 13.7. The molecule has 0 spiro atoms. The number of thiophene rings is 1. The molecule has 3 rings (SSSR count). The Morgan fingerprint density at radius 3 is 2.60 bits per heavy atom. The van der Waals surface area contributed by atoms with Gasteiger partial charge in [-0.2, -0.15) is 9.47 Å². The summed E-state index contributed by atoms with van der Waals surface area (Å²) >= 11 is 2.52. The van der Waals surface area contributed by atoms with Crippen LogP contribution in [0.25, 0.3) is 10.4 Å². The number of nitrogens with two attached hydrogens (primary N) is 1. The molecule has 0 aliphatic rings. The molecule has 5 nitrogen and oxygen atoms in total. The van der Waals surface area contributed by atoms with Crippen molar-refractivity contribution in [2.45, 2.75) is 13.8 Å². The van der Waals surface area contributed by atoms with Gasteiger partial charge in [0.25, 0.3) is 5.91 Å². The summed E-state index contributed by atoms with van der Waals surface area (Å²) in [5.41, 5.74) is 11.4. The zero-order chi connectivity index (χ0) is 18.0. The van der Waals surface area contributed by atoms with Gasteiger partial charge in [-0.05, 0) is 55.2 Å². The highest BCUT2D eigenvalue weighted by Gasteiger charge is 2.13. The maximum Gasteiger partial charge on any atom is 0.281 e. The third kappa shape index (κ3) is 3.75. The zero-order valence-corrected chi connectivity index (χ0v) is 15.2. The summed E-state index contributed by atoms with van der Waals surface area (Å²) in [6.45, 7) is 3.61. The first-order chi connectivity index (χ1) is 12.0. The highest BCUT2D eigenvalue weighted by atomic mass is 32.1. The highest BCUT2D eigenvalue weighted by molar-refractivity contribution is 7.17. The second-order valence-corrected chi connectivity index (χ2v) is 7.20. The van der Waals surface area contributed by atoms with Gasteiger partial charge in [0.2, 0.25) is 0 Å². The first kappa shape index (κ1) is 17.2. The van der Waals surface area contributed by atoms with Crippen molar-refractivity contribution >= 4 is 39.5 Å². The van der Waals surface area contributed by atoms with E-state index in [-0.39, 0.29) is 11.7 Å². The average molecular weight is 374 g/mol. The molecule has 3 aromatic rings. The van der Waals surface area contributed by atoms with Gasteiger partial charge < -0.3 is 5.73 Å². The van der Waals surface area contributed by atoms with E-state index in [0.29, 0.717) is 15.6 Å². The largest absolute Gasteiger partial charge is 0.389 e. The smallest absolute Gasteiger partial charge is 0.281 e. The fourth-order valence-corrected chi connectivity index (χ4v) is 3.92. The van der Waals surface area contributed by atoms with Crippen LogP contribution in [-0.2, 0) is 0 Å². The summed E-state index contributed by atoms with van der Waals surface area (Å²) in [5, 5.41) is 4.69. The Hall–Kier alpha value is -2.58. The first-order valence-electron chi connectivity index (χ1n) is 7.38. The molecule has 1 aromatic carbocycles. The number of aromatic nitrogens is 1. The van der Waals surface area contributed by atoms with Gasteiger partial charge in [0, 0.05) is 4.88 Å². The van der Waals surface area contributed by atoms with Gasteiger partial charge in [-0.3, -0.25) is 4.79 Å². The molecule has 0 saturated heterocycles. The number of rotatable bonds is 4. The molecule has 0 radical (unpaired) electrons. The number of aryl methyl sites for hydroxylation is 1.